The van der Waals surface area contributed by atoms with Crippen molar-refractivity contribution in [2.45, 2.75) is 38.5 Å². The van der Waals surface area contributed by atoms with Gasteiger partial charge in [0.2, 0.25) is 5.91 Å². The molecule has 2 aromatic carbocycles. The van der Waals surface area contributed by atoms with Crippen molar-refractivity contribution in [2.75, 3.05) is 18.4 Å². The summed E-state index contributed by atoms with van der Waals surface area (Å²) in [5, 5.41) is 15.2. The summed E-state index contributed by atoms with van der Waals surface area (Å²) in [6, 6.07) is 14.3. The third kappa shape index (κ3) is 5.69. The Balaban J connectivity index is 1.38. The Morgan fingerprint density at radius 3 is 2.47 bits per heavy atom. The minimum Gasteiger partial charge on any atom is -0.508 e. The number of likely N-dealkylation sites (tertiary alicyclic amines) is 1. The van der Waals surface area contributed by atoms with Crippen molar-refractivity contribution < 1.29 is 19.5 Å². The smallest absolute Gasteiger partial charge is 0.275 e. The maximum absolute atomic E-state index is 12.9. The molecule has 8 heteroatoms. The number of hydrogen-bond donors (Lipinski definition) is 2. The quantitative estimate of drug-likeness (QED) is 0.507. The van der Waals surface area contributed by atoms with Crippen LogP contribution >= 0.6 is 11.3 Å². The number of carbonyl (C=O) groups is 3. The Morgan fingerprint density at radius 1 is 1.06 bits per heavy atom. The fraction of sp³-hybridized carbons (Fsp3) is 0.308. The first-order valence-corrected chi connectivity index (χ1v) is 12.2. The predicted molar refractivity (Wildman–Crippen MR) is 132 cm³/mol. The van der Waals surface area contributed by atoms with Crippen LogP contribution < -0.4 is 5.32 Å². The van der Waals surface area contributed by atoms with E-state index in [0.717, 1.165) is 29.0 Å². The highest BCUT2D eigenvalue weighted by Crippen LogP contribution is 2.32. The fourth-order valence-electron chi connectivity index (χ4n) is 4.07. The van der Waals surface area contributed by atoms with Gasteiger partial charge < -0.3 is 20.1 Å². The number of phenolic OH excluding ortho intramolecular Hbond substituents is 1. The van der Waals surface area contributed by atoms with Gasteiger partial charge in [-0.2, -0.15) is 0 Å². The number of anilines is 1. The molecule has 7 nitrogen and oxygen atoms in total. The molecule has 1 fully saturated rings. The van der Waals surface area contributed by atoms with Gasteiger partial charge in [0.05, 0.1) is 5.01 Å². The maximum atomic E-state index is 12.9. The molecule has 34 heavy (non-hydrogen) atoms. The molecule has 1 aromatic heterocycles. The van der Waals surface area contributed by atoms with Crippen molar-refractivity contribution in [3.8, 4) is 16.9 Å². The zero-order valence-electron chi connectivity index (χ0n) is 19.0. The molecule has 0 saturated carbocycles. The fourth-order valence-corrected chi connectivity index (χ4v) is 5.04. The van der Waals surface area contributed by atoms with Crippen molar-refractivity contribution >= 4 is 34.6 Å². The monoisotopic (exact) mass is 477 g/mol. The van der Waals surface area contributed by atoms with Crippen LogP contribution in [0.2, 0.25) is 0 Å². The number of thiazole rings is 1. The van der Waals surface area contributed by atoms with E-state index >= 15 is 0 Å². The van der Waals surface area contributed by atoms with Gasteiger partial charge in [0, 0.05) is 48.5 Å². The number of ketones is 1. The zero-order chi connectivity index (χ0) is 24.1. The molecule has 0 atom stereocenters. The number of rotatable bonds is 7. The molecule has 176 valence electrons. The number of nitrogens with zero attached hydrogens (tertiary/aromatic N) is 2. The Hall–Kier alpha value is -3.52. The molecule has 3 aromatic rings. The van der Waals surface area contributed by atoms with Gasteiger partial charge in [-0.3, -0.25) is 9.59 Å². The summed E-state index contributed by atoms with van der Waals surface area (Å²) < 4.78 is 0. The number of hydrogen-bond acceptors (Lipinski definition) is 6. The van der Waals surface area contributed by atoms with Crippen LogP contribution in [0.5, 0.6) is 5.75 Å². The largest absolute Gasteiger partial charge is 0.508 e. The summed E-state index contributed by atoms with van der Waals surface area (Å²) in [6.07, 6.45) is 2.15. The zero-order valence-corrected chi connectivity index (χ0v) is 19.8. The number of Topliss-reactive ketones (excluding diaryl/α,β-unsaturated/α-hetero) is 1. The van der Waals surface area contributed by atoms with Crippen LogP contribution in [0, 0.1) is 0 Å². The number of phenols is 1. The average molecular weight is 478 g/mol. The first kappa shape index (κ1) is 23.6. The highest BCUT2D eigenvalue weighted by atomic mass is 32.1. The second-order valence-electron chi connectivity index (χ2n) is 8.47. The lowest BCUT2D eigenvalue weighted by molar-refractivity contribution is -0.133. The molecule has 0 aliphatic carbocycles. The molecule has 0 bridgehead atoms. The van der Waals surface area contributed by atoms with Gasteiger partial charge in [0.25, 0.3) is 5.91 Å². The Labute approximate surface area is 202 Å². The minimum atomic E-state index is -0.273. The van der Waals surface area contributed by atoms with Gasteiger partial charge in [-0.25, -0.2) is 4.98 Å². The van der Waals surface area contributed by atoms with Crippen molar-refractivity contribution in [1.29, 1.82) is 0 Å². The number of carbonyl (C=O) groups excluding carboxylic acids is 3. The summed E-state index contributed by atoms with van der Waals surface area (Å²) in [4.78, 5) is 42.7. The van der Waals surface area contributed by atoms with E-state index in [-0.39, 0.29) is 35.7 Å². The van der Waals surface area contributed by atoms with Gasteiger partial charge in [0.15, 0.2) is 0 Å². The van der Waals surface area contributed by atoms with Crippen LogP contribution in [0.25, 0.3) is 11.1 Å². The molecule has 1 saturated heterocycles. The number of nitrogens with one attached hydrogen (secondary N) is 1. The van der Waals surface area contributed by atoms with Crippen LogP contribution in [0.3, 0.4) is 0 Å². The summed E-state index contributed by atoms with van der Waals surface area (Å²) >= 11 is 1.47. The van der Waals surface area contributed by atoms with Gasteiger partial charge >= 0.3 is 0 Å². The van der Waals surface area contributed by atoms with E-state index in [9.17, 15) is 19.5 Å². The Bertz CT molecular complexity index is 1180. The van der Waals surface area contributed by atoms with E-state index < -0.39 is 0 Å². The number of para-hydroxylation sites is 1. The van der Waals surface area contributed by atoms with Gasteiger partial charge in [0.1, 0.15) is 17.2 Å². The van der Waals surface area contributed by atoms with Crippen molar-refractivity contribution in [3.63, 3.8) is 0 Å². The van der Waals surface area contributed by atoms with Gasteiger partial charge in [-0.15, -0.1) is 11.3 Å². The van der Waals surface area contributed by atoms with Gasteiger partial charge in [-0.1, -0.05) is 30.3 Å². The number of amides is 2. The predicted octanol–water partition coefficient (Wildman–Crippen LogP) is 4.84. The molecule has 0 unspecified atom stereocenters. The van der Waals surface area contributed by atoms with Crippen LogP contribution in [-0.2, 0) is 9.59 Å². The highest BCUT2D eigenvalue weighted by Gasteiger charge is 2.26. The molecule has 4 rings (SSSR count). The van der Waals surface area contributed by atoms with Crippen LogP contribution in [0.4, 0.5) is 5.69 Å². The summed E-state index contributed by atoms with van der Waals surface area (Å²) in [7, 11) is 0. The third-order valence-corrected chi connectivity index (χ3v) is 7.00. The van der Waals surface area contributed by atoms with E-state index in [4.69, 9.17) is 0 Å². The number of piperidine rings is 1. The van der Waals surface area contributed by atoms with Gasteiger partial charge in [-0.05, 0) is 43.5 Å². The lowest BCUT2D eigenvalue weighted by atomic mass is 9.97. The number of aromatic nitrogens is 1. The topological polar surface area (TPSA) is 99.6 Å². The summed E-state index contributed by atoms with van der Waals surface area (Å²) in [6.45, 7) is 2.78. The maximum Gasteiger partial charge on any atom is 0.275 e. The standard InChI is InChI=1S/C26H27N3O4S/c1-17(30)6-11-24(32)29-14-12-19(13-15-29)26-28-23(16-34-26)25(33)27-22-5-3-2-4-21(22)18-7-9-20(31)10-8-18/h2-5,7-10,16,19,31H,6,11-15H2,1H3,(H,27,33). The van der Waals surface area contributed by atoms with Crippen molar-refractivity contribution in [2.24, 2.45) is 0 Å². The Morgan fingerprint density at radius 2 is 1.76 bits per heavy atom. The molecule has 0 radical (unpaired) electrons. The molecule has 0 spiro atoms. The SMILES string of the molecule is CC(=O)CCC(=O)N1CCC(c2nc(C(=O)Nc3ccccc3-c3ccc(O)cc3)cs2)CC1. The second-order valence-corrected chi connectivity index (χ2v) is 9.36. The molecule has 2 amide bonds. The molecule has 1 aliphatic heterocycles. The highest BCUT2D eigenvalue weighted by molar-refractivity contribution is 7.10. The number of aromatic hydroxyl groups is 1. The first-order chi connectivity index (χ1) is 16.4. The molecule has 2 heterocycles. The van der Waals surface area contributed by atoms with Crippen LogP contribution in [-0.4, -0.2) is 45.7 Å². The molecule has 1 aliphatic rings. The minimum absolute atomic E-state index is 0.0279. The van der Waals surface area contributed by atoms with Crippen molar-refractivity contribution in [3.05, 3.63) is 64.6 Å². The molecular weight excluding hydrogens is 450 g/mol. The van der Waals surface area contributed by atoms with E-state index in [1.54, 1.807) is 29.6 Å². The normalized spacial score (nSPS) is 14.1. The second kappa shape index (κ2) is 10.6. The number of benzene rings is 2. The summed E-state index contributed by atoms with van der Waals surface area (Å²) in [5.41, 5.74) is 2.79. The first-order valence-electron chi connectivity index (χ1n) is 11.3. The van der Waals surface area contributed by atoms with E-state index in [1.807, 2.05) is 29.2 Å². The summed E-state index contributed by atoms with van der Waals surface area (Å²) in [5.74, 6) is 0.187. The van der Waals surface area contributed by atoms with Crippen LogP contribution in [0.1, 0.15) is 54.0 Å². The van der Waals surface area contributed by atoms with E-state index in [0.29, 0.717) is 30.9 Å². The van der Waals surface area contributed by atoms with E-state index in [1.165, 1.54) is 18.3 Å². The van der Waals surface area contributed by atoms with Crippen LogP contribution in [0.15, 0.2) is 53.9 Å². The van der Waals surface area contributed by atoms with E-state index in [2.05, 4.69) is 10.3 Å². The lowest BCUT2D eigenvalue weighted by Crippen LogP contribution is -2.38. The van der Waals surface area contributed by atoms with Crippen molar-refractivity contribution in [1.82, 2.24) is 9.88 Å². The Kier molecular flexibility index (Phi) is 7.37. The lowest BCUT2D eigenvalue weighted by Gasteiger charge is -2.31. The molecular formula is C26H27N3O4S. The molecule has 2 N–H and O–H groups in total. The average Bonchev–Trinajstić information content (AvgIpc) is 3.34. The third-order valence-electron chi connectivity index (χ3n) is 6.00.